The van der Waals surface area contributed by atoms with E-state index in [0.717, 1.165) is 0 Å². The van der Waals surface area contributed by atoms with Gasteiger partial charge < -0.3 is 20.6 Å². The van der Waals surface area contributed by atoms with Crippen LogP contribution < -0.4 is 5.32 Å². The van der Waals surface area contributed by atoms with E-state index in [1.165, 1.54) is 12.3 Å². The average Bonchev–Trinajstić information content (AvgIpc) is 2.52. The van der Waals surface area contributed by atoms with Crippen molar-refractivity contribution in [1.82, 2.24) is 10.3 Å². The number of benzene rings is 1. The molecule has 23 heavy (non-hydrogen) atoms. The molecule has 0 fully saturated rings. The number of aliphatic carboxylic acids is 1. The first-order chi connectivity index (χ1) is 10.9. The van der Waals surface area contributed by atoms with E-state index in [2.05, 4.69) is 10.3 Å². The monoisotopic (exact) mass is 336 g/mol. The molecule has 0 aliphatic heterocycles. The molecule has 1 heterocycles. The van der Waals surface area contributed by atoms with Crippen LogP contribution in [0, 0.1) is 0 Å². The van der Waals surface area contributed by atoms with E-state index in [4.69, 9.17) is 21.8 Å². The van der Waals surface area contributed by atoms with Gasteiger partial charge in [-0.2, -0.15) is 0 Å². The first-order valence-corrected chi connectivity index (χ1v) is 6.90. The molecule has 120 valence electrons. The number of carboxylic acids is 1. The molecule has 2 aromatic rings. The second kappa shape index (κ2) is 7.08. The highest BCUT2D eigenvalue weighted by molar-refractivity contribution is 6.30. The second-order valence-corrected chi connectivity index (χ2v) is 5.10. The maximum absolute atomic E-state index is 11.8. The highest BCUT2D eigenvalue weighted by Gasteiger charge is 2.18. The number of rotatable bonds is 5. The van der Waals surface area contributed by atoms with Gasteiger partial charge in [0.15, 0.2) is 11.8 Å². The molecule has 0 aliphatic carbocycles. The van der Waals surface area contributed by atoms with E-state index in [1.807, 2.05) is 0 Å². The van der Waals surface area contributed by atoms with Crippen molar-refractivity contribution in [2.24, 2.45) is 0 Å². The predicted molar refractivity (Wildman–Crippen MR) is 82.3 cm³/mol. The van der Waals surface area contributed by atoms with Crippen LogP contribution in [0.15, 0.2) is 36.5 Å². The minimum atomic E-state index is -1.73. The van der Waals surface area contributed by atoms with Crippen molar-refractivity contribution in [1.29, 1.82) is 0 Å². The summed E-state index contributed by atoms with van der Waals surface area (Å²) in [4.78, 5) is 26.2. The molecule has 1 amide bonds. The Morgan fingerprint density at radius 1 is 1.26 bits per heavy atom. The van der Waals surface area contributed by atoms with Gasteiger partial charge in [-0.05, 0) is 23.8 Å². The van der Waals surface area contributed by atoms with E-state index in [0.29, 0.717) is 16.1 Å². The highest BCUT2D eigenvalue weighted by Crippen LogP contribution is 2.26. The number of nitrogens with zero attached hydrogens (tertiary/aromatic N) is 1. The summed E-state index contributed by atoms with van der Waals surface area (Å²) in [5, 5.41) is 30.3. The summed E-state index contributed by atoms with van der Waals surface area (Å²) in [6.45, 7) is -0.495. The molecule has 8 heteroatoms. The van der Waals surface area contributed by atoms with E-state index in [1.54, 1.807) is 24.3 Å². The minimum Gasteiger partial charge on any atom is -0.505 e. The molecule has 0 spiro atoms. The number of hydrogen-bond acceptors (Lipinski definition) is 5. The Labute approximate surface area is 136 Å². The zero-order valence-corrected chi connectivity index (χ0v) is 12.5. The zero-order valence-electron chi connectivity index (χ0n) is 11.7. The summed E-state index contributed by atoms with van der Waals surface area (Å²) >= 11 is 5.89. The zero-order chi connectivity index (χ0) is 17.0. The largest absolute Gasteiger partial charge is 0.505 e. The number of halogens is 1. The molecular formula is C15H13ClN2O5. The minimum absolute atomic E-state index is 0.270. The van der Waals surface area contributed by atoms with Crippen molar-refractivity contribution in [3.05, 3.63) is 47.2 Å². The lowest BCUT2D eigenvalue weighted by molar-refractivity contribution is -0.146. The Hall–Kier alpha value is -2.64. The number of pyridine rings is 1. The van der Waals surface area contributed by atoms with Crippen LogP contribution in [-0.4, -0.2) is 44.8 Å². The summed E-state index contributed by atoms with van der Waals surface area (Å²) in [6.07, 6.45) is -0.347. The molecule has 0 bridgehead atoms. The molecule has 0 saturated heterocycles. The summed E-state index contributed by atoms with van der Waals surface area (Å²) < 4.78 is 0. The molecular weight excluding hydrogens is 324 g/mol. The van der Waals surface area contributed by atoms with Crippen molar-refractivity contribution >= 4 is 23.5 Å². The van der Waals surface area contributed by atoms with Gasteiger partial charge in [0.25, 0.3) is 5.91 Å². The molecule has 0 aliphatic rings. The fourth-order valence-corrected chi connectivity index (χ4v) is 2.00. The van der Waals surface area contributed by atoms with Gasteiger partial charge in [-0.25, -0.2) is 9.78 Å². The number of aromatic hydroxyl groups is 1. The molecule has 1 aromatic carbocycles. The first-order valence-electron chi connectivity index (χ1n) is 6.52. The molecule has 4 N–H and O–H groups in total. The normalized spacial score (nSPS) is 11.7. The van der Waals surface area contributed by atoms with Crippen LogP contribution in [0.25, 0.3) is 11.1 Å². The SMILES string of the molecule is O=C(NCC(O)C(=O)O)c1ncc(-c2cccc(Cl)c2)cc1O. The van der Waals surface area contributed by atoms with Gasteiger partial charge in [-0.1, -0.05) is 23.7 Å². The van der Waals surface area contributed by atoms with Crippen LogP contribution in [-0.2, 0) is 4.79 Å². The first kappa shape index (κ1) is 16.7. The number of hydrogen-bond donors (Lipinski definition) is 4. The topological polar surface area (TPSA) is 120 Å². The quantitative estimate of drug-likeness (QED) is 0.653. The van der Waals surface area contributed by atoms with Crippen LogP contribution >= 0.6 is 11.6 Å². The third-order valence-corrected chi connectivity index (χ3v) is 3.22. The van der Waals surface area contributed by atoms with Crippen molar-refractivity contribution < 1.29 is 24.9 Å². The van der Waals surface area contributed by atoms with Gasteiger partial charge in [-0.15, -0.1) is 0 Å². The van der Waals surface area contributed by atoms with Crippen LogP contribution in [0.4, 0.5) is 0 Å². The van der Waals surface area contributed by atoms with Gasteiger partial charge in [0.05, 0.1) is 6.54 Å². The van der Waals surface area contributed by atoms with Crippen molar-refractivity contribution in [3.8, 4) is 16.9 Å². The number of amides is 1. The lowest BCUT2D eigenvalue weighted by Gasteiger charge is -2.09. The van der Waals surface area contributed by atoms with Crippen molar-refractivity contribution in [2.75, 3.05) is 6.54 Å². The Bertz CT molecular complexity index is 750. The molecule has 1 aromatic heterocycles. The molecule has 1 atom stereocenters. The third-order valence-electron chi connectivity index (χ3n) is 2.98. The number of aromatic nitrogens is 1. The number of carbonyl (C=O) groups is 2. The van der Waals surface area contributed by atoms with Crippen LogP contribution in [0.3, 0.4) is 0 Å². The Kier molecular flexibility index (Phi) is 5.15. The maximum Gasteiger partial charge on any atom is 0.334 e. The standard InChI is InChI=1S/C15H13ClN2O5/c16-10-3-1-2-8(4-10)9-5-11(19)13(17-6-9)14(21)18-7-12(20)15(22)23/h1-6,12,19-20H,7H2,(H,18,21)(H,22,23). The fraction of sp³-hybridized carbons (Fsp3) is 0.133. The van der Waals surface area contributed by atoms with Crippen LogP contribution in [0.5, 0.6) is 5.75 Å². The summed E-state index contributed by atoms with van der Waals surface area (Å²) in [7, 11) is 0. The fourth-order valence-electron chi connectivity index (χ4n) is 1.81. The van der Waals surface area contributed by atoms with Gasteiger partial charge >= 0.3 is 5.97 Å². The van der Waals surface area contributed by atoms with Gasteiger partial charge in [0, 0.05) is 16.8 Å². The van der Waals surface area contributed by atoms with Gasteiger partial charge in [0.1, 0.15) is 5.75 Å². The van der Waals surface area contributed by atoms with Crippen LogP contribution in [0.1, 0.15) is 10.5 Å². The number of aliphatic hydroxyl groups excluding tert-OH is 1. The lowest BCUT2D eigenvalue weighted by atomic mass is 10.1. The average molecular weight is 337 g/mol. The maximum atomic E-state index is 11.8. The second-order valence-electron chi connectivity index (χ2n) is 4.67. The molecule has 1 unspecified atom stereocenters. The number of nitrogens with one attached hydrogen (secondary N) is 1. The smallest absolute Gasteiger partial charge is 0.334 e. The number of carboxylic acid groups (broad SMARTS) is 1. The molecule has 0 radical (unpaired) electrons. The van der Waals surface area contributed by atoms with E-state index >= 15 is 0 Å². The predicted octanol–water partition coefficient (Wildman–Crippen LogP) is 1.28. The summed E-state index contributed by atoms with van der Waals surface area (Å²) in [5.41, 5.74) is 1.01. The van der Waals surface area contributed by atoms with Crippen LogP contribution in [0.2, 0.25) is 5.02 Å². The molecule has 0 saturated carbocycles. The Morgan fingerprint density at radius 2 is 2.00 bits per heavy atom. The van der Waals surface area contributed by atoms with E-state index in [9.17, 15) is 14.7 Å². The highest BCUT2D eigenvalue weighted by atomic mass is 35.5. The number of carbonyl (C=O) groups excluding carboxylic acids is 1. The van der Waals surface area contributed by atoms with Gasteiger partial charge in [-0.3, -0.25) is 4.79 Å². The van der Waals surface area contributed by atoms with Crippen molar-refractivity contribution in [2.45, 2.75) is 6.10 Å². The Balaban J connectivity index is 2.16. The number of aliphatic hydroxyl groups is 1. The molecule has 2 rings (SSSR count). The van der Waals surface area contributed by atoms with Crippen molar-refractivity contribution in [3.63, 3.8) is 0 Å². The third kappa shape index (κ3) is 4.18. The lowest BCUT2D eigenvalue weighted by Crippen LogP contribution is -2.36. The molecule has 7 nitrogen and oxygen atoms in total. The summed E-state index contributed by atoms with van der Waals surface area (Å²) in [6, 6.07) is 8.24. The van der Waals surface area contributed by atoms with E-state index < -0.39 is 24.5 Å². The van der Waals surface area contributed by atoms with E-state index in [-0.39, 0.29) is 11.4 Å². The Morgan fingerprint density at radius 3 is 2.61 bits per heavy atom. The summed E-state index contributed by atoms with van der Waals surface area (Å²) in [5.74, 6) is -2.62. The van der Waals surface area contributed by atoms with Gasteiger partial charge in [0.2, 0.25) is 0 Å².